The fourth-order valence-electron chi connectivity index (χ4n) is 2.90. The van der Waals surface area contributed by atoms with E-state index in [9.17, 15) is 5.11 Å². The largest absolute Gasteiger partial charge is 0.387 e. The Bertz CT molecular complexity index is 1040. The van der Waals surface area contributed by atoms with Crippen LogP contribution in [-0.2, 0) is 0 Å². The molecule has 120 valence electrons. The Labute approximate surface area is 138 Å². The van der Waals surface area contributed by atoms with Crippen LogP contribution in [0, 0.1) is 6.92 Å². The van der Waals surface area contributed by atoms with Gasteiger partial charge in [0.15, 0.2) is 5.65 Å². The Kier molecular flexibility index (Phi) is 3.46. The number of aromatic amines is 1. The Hall–Kier alpha value is -2.86. The molecule has 4 aromatic heterocycles. The van der Waals surface area contributed by atoms with Crippen molar-refractivity contribution in [3.05, 3.63) is 48.2 Å². The van der Waals surface area contributed by atoms with Gasteiger partial charge < -0.3 is 5.11 Å². The molecule has 0 bridgehead atoms. The molecule has 0 saturated carbocycles. The highest BCUT2D eigenvalue weighted by atomic mass is 16.3. The van der Waals surface area contributed by atoms with Crippen molar-refractivity contribution in [1.29, 1.82) is 0 Å². The number of fused-ring (bicyclic) bond motifs is 3. The van der Waals surface area contributed by atoms with Gasteiger partial charge in [0.2, 0.25) is 0 Å². The molecule has 2 N–H and O–H groups in total. The van der Waals surface area contributed by atoms with Gasteiger partial charge in [-0.15, -0.1) is 0 Å². The molecule has 0 amide bonds. The van der Waals surface area contributed by atoms with Crippen molar-refractivity contribution in [1.82, 2.24) is 25.1 Å². The van der Waals surface area contributed by atoms with Crippen LogP contribution >= 0.6 is 0 Å². The fourth-order valence-corrected chi connectivity index (χ4v) is 2.90. The average molecular weight is 319 g/mol. The number of hydrogen-bond acceptors (Lipinski definition) is 5. The first-order valence-electron chi connectivity index (χ1n) is 7.90. The highest BCUT2D eigenvalue weighted by Gasteiger charge is 2.12. The van der Waals surface area contributed by atoms with Crippen LogP contribution in [0.15, 0.2) is 36.9 Å². The van der Waals surface area contributed by atoms with E-state index in [2.05, 4.69) is 25.1 Å². The molecule has 0 aliphatic carbocycles. The molecule has 0 fully saturated rings. The summed E-state index contributed by atoms with van der Waals surface area (Å²) in [6, 6.07) is 3.93. The van der Waals surface area contributed by atoms with Gasteiger partial charge in [-0.25, -0.2) is 4.98 Å². The van der Waals surface area contributed by atoms with E-state index in [1.807, 2.05) is 38.4 Å². The molecule has 0 aromatic carbocycles. The van der Waals surface area contributed by atoms with Crippen LogP contribution in [0.4, 0.5) is 0 Å². The Morgan fingerprint density at radius 3 is 2.71 bits per heavy atom. The lowest BCUT2D eigenvalue weighted by Gasteiger charge is -2.11. The number of aromatic nitrogens is 5. The number of nitrogens with one attached hydrogen (secondary N) is 1. The van der Waals surface area contributed by atoms with Crippen molar-refractivity contribution < 1.29 is 5.11 Å². The van der Waals surface area contributed by atoms with Crippen LogP contribution < -0.4 is 0 Å². The lowest BCUT2D eigenvalue weighted by molar-refractivity contribution is 0.169. The van der Waals surface area contributed by atoms with Crippen molar-refractivity contribution in [2.24, 2.45) is 0 Å². The summed E-state index contributed by atoms with van der Waals surface area (Å²) in [5, 5.41) is 19.8. The molecule has 6 heteroatoms. The second-order valence-corrected chi connectivity index (χ2v) is 5.90. The second-order valence-electron chi connectivity index (χ2n) is 5.90. The van der Waals surface area contributed by atoms with Gasteiger partial charge in [0.25, 0.3) is 0 Å². The minimum Gasteiger partial charge on any atom is -0.387 e. The predicted molar refractivity (Wildman–Crippen MR) is 92.4 cm³/mol. The SMILES string of the molecule is CCC(O)c1cc(C)c(-c2cc3cnc4[nH]ncc4c3cn2)cn1. The Balaban J connectivity index is 1.83. The molecule has 4 aromatic rings. The first-order chi connectivity index (χ1) is 11.7. The number of H-pyrrole nitrogens is 1. The molecule has 4 heterocycles. The molecular formula is C18H17N5O. The van der Waals surface area contributed by atoms with E-state index < -0.39 is 6.10 Å². The number of nitrogens with zero attached hydrogens (tertiary/aromatic N) is 4. The van der Waals surface area contributed by atoms with Gasteiger partial charge >= 0.3 is 0 Å². The zero-order chi connectivity index (χ0) is 16.7. The zero-order valence-electron chi connectivity index (χ0n) is 13.5. The minimum absolute atomic E-state index is 0.527. The normalized spacial score (nSPS) is 12.8. The van der Waals surface area contributed by atoms with Gasteiger partial charge in [0.05, 0.1) is 23.7 Å². The molecule has 24 heavy (non-hydrogen) atoms. The molecule has 0 saturated heterocycles. The maximum atomic E-state index is 9.94. The predicted octanol–water partition coefficient (Wildman–Crippen LogP) is 3.32. The van der Waals surface area contributed by atoms with Crippen LogP contribution in [0.5, 0.6) is 0 Å². The summed E-state index contributed by atoms with van der Waals surface area (Å²) < 4.78 is 0. The van der Waals surface area contributed by atoms with Crippen LogP contribution in [0.25, 0.3) is 33.1 Å². The topological polar surface area (TPSA) is 87.6 Å². The Morgan fingerprint density at radius 1 is 1.04 bits per heavy atom. The van der Waals surface area contributed by atoms with Gasteiger partial charge in [-0.3, -0.25) is 15.1 Å². The summed E-state index contributed by atoms with van der Waals surface area (Å²) in [5.41, 5.74) is 4.29. The first kappa shape index (κ1) is 14.7. The van der Waals surface area contributed by atoms with Crippen LogP contribution in [-0.4, -0.2) is 30.3 Å². The van der Waals surface area contributed by atoms with E-state index >= 15 is 0 Å². The molecule has 1 atom stereocenters. The molecule has 0 spiro atoms. The number of hydrogen-bond donors (Lipinski definition) is 2. The molecule has 0 radical (unpaired) electrons. The lowest BCUT2D eigenvalue weighted by atomic mass is 10.0. The van der Waals surface area contributed by atoms with Gasteiger partial charge in [-0.05, 0) is 31.0 Å². The number of aliphatic hydroxyl groups is 1. The average Bonchev–Trinajstić information content (AvgIpc) is 3.09. The monoisotopic (exact) mass is 319 g/mol. The fraction of sp³-hybridized carbons (Fsp3) is 0.222. The molecule has 1 unspecified atom stereocenters. The second kappa shape index (κ2) is 5.65. The Morgan fingerprint density at radius 2 is 1.92 bits per heavy atom. The summed E-state index contributed by atoms with van der Waals surface area (Å²) in [7, 11) is 0. The molecule has 0 aliphatic heterocycles. The van der Waals surface area contributed by atoms with E-state index in [4.69, 9.17) is 0 Å². The number of aryl methyl sites for hydroxylation is 1. The highest BCUT2D eigenvalue weighted by Crippen LogP contribution is 2.28. The van der Waals surface area contributed by atoms with Crippen molar-refractivity contribution in [3.8, 4) is 11.3 Å². The summed E-state index contributed by atoms with van der Waals surface area (Å²) in [6.07, 6.45) is 7.33. The van der Waals surface area contributed by atoms with Gasteiger partial charge in [-0.1, -0.05) is 6.92 Å². The summed E-state index contributed by atoms with van der Waals surface area (Å²) in [6.45, 7) is 3.94. The smallest absolute Gasteiger partial charge is 0.155 e. The zero-order valence-corrected chi connectivity index (χ0v) is 13.5. The standard InChI is InChI=1S/C18H17N5O/c1-3-17(24)16-4-10(2)12(7-20-16)15-5-11-6-21-18-14(9-22-23-18)13(11)8-19-15/h4-9,17,24H,3H2,1-2H3,(H,21,22,23). The summed E-state index contributed by atoms with van der Waals surface area (Å²) >= 11 is 0. The van der Waals surface area contributed by atoms with Gasteiger partial charge in [0.1, 0.15) is 0 Å². The summed E-state index contributed by atoms with van der Waals surface area (Å²) in [4.78, 5) is 13.4. The third-order valence-electron chi connectivity index (χ3n) is 4.31. The van der Waals surface area contributed by atoms with Crippen molar-refractivity contribution in [2.45, 2.75) is 26.4 Å². The summed E-state index contributed by atoms with van der Waals surface area (Å²) in [5.74, 6) is 0. The molecule has 0 aliphatic rings. The van der Waals surface area contributed by atoms with Gasteiger partial charge in [0, 0.05) is 40.3 Å². The van der Waals surface area contributed by atoms with Gasteiger partial charge in [-0.2, -0.15) is 5.10 Å². The van der Waals surface area contributed by atoms with Crippen molar-refractivity contribution >= 4 is 21.8 Å². The third kappa shape index (κ3) is 2.32. The molecular weight excluding hydrogens is 302 g/mol. The third-order valence-corrected chi connectivity index (χ3v) is 4.31. The number of aliphatic hydroxyl groups excluding tert-OH is 1. The number of pyridine rings is 3. The minimum atomic E-state index is -0.527. The van der Waals surface area contributed by atoms with Crippen LogP contribution in [0.1, 0.15) is 30.7 Å². The van der Waals surface area contributed by atoms with Crippen LogP contribution in [0.2, 0.25) is 0 Å². The van der Waals surface area contributed by atoms with Crippen molar-refractivity contribution in [2.75, 3.05) is 0 Å². The number of rotatable bonds is 3. The molecule has 6 nitrogen and oxygen atoms in total. The van der Waals surface area contributed by atoms with E-state index in [0.717, 1.165) is 38.6 Å². The van der Waals surface area contributed by atoms with E-state index in [-0.39, 0.29) is 0 Å². The lowest BCUT2D eigenvalue weighted by Crippen LogP contribution is -2.00. The van der Waals surface area contributed by atoms with Crippen LogP contribution in [0.3, 0.4) is 0 Å². The van der Waals surface area contributed by atoms with E-state index in [1.165, 1.54) is 0 Å². The maximum Gasteiger partial charge on any atom is 0.155 e. The highest BCUT2D eigenvalue weighted by molar-refractivity contribution is 6.04. The van der Waals surface area contributed by atoms with Crippen molar-refractivity contribution in [3.63, 3.8) is 0 Å². The molecule has 4 rings (SSSR count). The van der Waals surface area contributed by atoms with E-state index in [1.54, 1.807) is 12.4 Å². The first-order valence-corrected chi connectivity index (χ1v) is 7.90. The maximum absolute atomic E-state index is 9.94. The quantitative estimate of drug-likeness (QED) is 0.605. The van der Waals surface area contributed by atoms with E-state index in [0.29, 0.717) is 12.1 Å².